The summed E-state index contributed by atoms with van der Waals surface area (Å²) >= 11 is 0. The van der Waals surface area contributed by atoms with Crippen LogP contribution in [0.4, 0.5) is 0 Å². The van der Waals surface area contributed by atoms with Crippen LogP contribution in [-0.2, 0) is 22.4 Å². The van der Waals surface area contributed by atoms with Crippen molar-refractivity contribution in [1.82, 2.24) is 14.8 Å². The fourth-order valence-corrected chi connectivity index (χ4v) is 5.19. The van der Waals surface area contributed by atoms with E-state index in [1.54, 1.807) is 29.1 Å². The second kappa shape index (κ2) is 14.1. The van der Waals surface area contributed by atoms with Crippen molar-refractivity contribution in [3.8, 4) is 5.75 Å². The number of hydrogen-bond acceptors (Lipinski definition) is 5. The number of halogens is 1. The topological polar surface area (TPSA) is 79.8 Å². The van der Waals surface area contributed by atoms with Crippen LogP contribution in [-0.4, -0.2) is 65.2 Å². The Balaban J connectivity index is 0.00000380. The molecule has 0 unspecified atom stereocenters. The molecule has 0 atom stereocenters. The highest BCUT2D eigenvalue weighted by Crippen LogP contribution is 2.26. The lowest BCUT2D eigenvalue weighted by atomic mass is 9.87. The van der Waals surface area contributed by atoms with Crippen LogP contribution in [0.5, 0.6) is 5.75 Å². The minimum absolute atomic E-state index is 0. The van der Waals surface area contributed by atoms with Crippen LogP contribution in [0.3, 0.4) is 0 Å². The first kappa shape index (κ1) is 28.6. The Morgan fingerprint density at radius 2 is 1.59 bits per heavy atom. The summed E-state index contributed by atoms with van der Waals surface area (Å²) < 4.78 is 5.97. The number of carbonyl (C=O) groups is 3. The number of pyridine rings is 1. The van der Waals surface area contributed by atoms with E-state index in [-0.39, 0.29) is 36.4 Å². The van der Waals surface area contributed by atoms with E-state index in [9.17, 15) is 14.4 Å². The van der Waals surface area contributed by atoms with E-state index in [0.717, 1.165) is 29.2 Å². The summed E-state index contributed by atoms with van der Waals surface area (Å²) in [7, 11) is 0. The molecule has 2 fully saturated rings. The Morgan fingerprint density at radius 1 is 0.919 bits per heavy atom. The zero-order valence-electron chi connectivity index (χ0n) is 21.7. The van der Waals surface area contributed by atoms with Crippen molar-refractivity contribution in [2.75, 3.05) is 32.8 Å². The number of amides is 2. The van der Waals surface area contributed by atoms with Crippen molar-refractivity contribution in [2.45, 2.75) is 58.3 Å². The number of carbonyl (C=O) groups excluding carboxylic acids is 3. The van der Waals surface area contributed by atoms with Gasteiger partial charge in [0.25, 0.3) is 5.91 Å². The van der Waals surface area contributed by atoms with Gasteiger partial charge < -0.3 is 14.5 Å². The molecule has 2 aliphatic rings. The van der Waals surface area contributed by atoms with Crippen LogP contribution in [0.1, 0.15) is 66.9 Å². The lowest BCUT2D eigenvalue weighted by molar-refractivity contribution is -0.131. The molecule has 0 spiro atoms. The summed E-state index contributed by atoms with van der Waals surface area (Å²) in [6.45, 7) is 4.24. The van der Waals surface area contributed by atoms with E-state index in [4.69, 9.17) is 4.74 Å². The first-order chi connectivity index (χ1) is 17.5. The highest BCUT2D eigenvalue weighted by atomic mass is 35.5. The van der Waals surface area contributed by atoms with Gasteiger partial charge in [0.2, 0.25) is 5.91 Å². The third kappa shape index (κ3) is 8.56. The van der Waals surface area contributed by atoms with Crippen LogP contribution >= 0.6 is 12.4 Å². The number of hydrogen-bond donors (Lipinski definition) is 0. The maximum atomic E-state index is 13.1. The van der Waals surface area contributed by atoms with Crippen LogP contribution in [0.25, 0.3) is 0 Å². The van der Waals surface area contributed by atoms with Crippen molar-refractivity contribution in [3.63, 3.8) is 0 Å². The summed E-state index contributed by atoms with van der Waals surface area (Å²) in [5, 5.41) is 0. The summed E-state index contributed by atoms with van der Waals surface area (Å²) in [6, 6.07) is 9.32. The quantitative estimate of drug-likeness (QED) is 0.479. The highest BCUT2D eigenvalue weighted by Gasteiger charge is 2.25. The predicted octanol–water partition coefficient (Wildman–Crippen LogP) is 4.51. The molecule has 1 aromatic carbocycles. The molecule has 1 aromatic heterocycles. The van der Waals surface area contributed by atoms with Crippen molar-refractivity contribution in [1.29, 1.82) is 0 Å². The number of aromatic nitrogens is 1. The Bertz CT molecular complexity index is 1060. The second-order valence-electron chi connectivity index (χ2n) is 10.1. The summed E-state index contributed by atoms with van der Waals surface area (Å²) in [6.07, 6.45) is 11.6. The first-order valence-corrected chi connectivity index (χ1v) is 13.2. The summed E-state index contributed by atoms with van der Waals surface area (Å²) in [5.74, 6) is 1.56. The predicted molar refractivity (Wildman–Crippen MR) is 145 cm³/mol. The highest BCUT2D eigenvalue weighted by molar-refractivity contribution is 5.94. The van der Waals surface area contributed by atoms with Gasteiger partial charge in [-0.15, -0.1) is 12.4 Å². The molecule has 4 rings (SSSR count). The van der Waals surface area contributed by atoms with Gasteiger partial charge in [0.05, 0.1) is 13.0 Å². The fraction of sp³-hybridized carbons (Fsp3) is 0.517. The Morgan fingerprint density at radius 3 is 2.30 bits per heavy atom. The fourth-order valence-electron chi connectivity index (χ4n) is 5.19. The van der Waals surface area contributed by atoms with Crippen molar-refractivity contribution in [3.05, 3.63) is 59.4 Å². The number of nitrogens with zero attached hydrogens (tertiary/aromatic N) is 3. The standard InChI is InChI=1S/C29H37N3O4.ClH/c1-22(33)16-24-17-25(21-30-20-24)18-28(34)31-11-13-32(14-12-31)29(35)26-8-5-9-27(19-26)36-15-10-23-6-3-2-4-7-23;/h5,8-9,17,19-21,23H,2-4,6-7,10-16,18H2,1H3;1H. The van der Waals surface area contributed by atoms with Crippen LogP contribution in [0.15, 0.2) is 42.7 Å². The Kier molecular flexibility index (Phi) is 10.9. The van der Waals surface area contributed by atoms with Crippen molar-refractivity contribution < 1.29 is 19.1 Å². The molecule has 1 saturated heterocycles. The number of piperazine rings is 1. The van der Waals surface area contributed by atoms with Gasteiger partial charge in [0, 0.05) is 50.6 Å². The number of rotatable bonds is 9. The zero-order chi connectivity index (χ0) is 25.3. The minimum Gasteiger partial charge on any atom is -0.494 e. The van der Waals surface area contributed by atoms with Crippen LogP contribution < -0.4 is 4.74 Å². The molecule has 200 valence electrons. The number of ketones is 1. The van der Waals surface area contributed by atoms with E-state index < -0.39 is 0 Å². The van der Waals surface area contributed by atoms with E-state index in [0.29, 0.717) is 44.8 Å². The van der Waals surface area contributed by atoms with Crippen molar-refractivity contribution in [2.24, 2.45) is 5.92 Å². The lowest BCUT2D eigenvalue weighted by Gasteiger charge is -2.35. The lowest BCUT2D eigenvalue weighted by Crippen LogP contribution is -2.51. The van der Waals surface area contributed by atoms with E-state index in [1.165, 1.54) is 32.1 Å². The Labute approximate surface area is 226 Å². The molecule has 0 bridgehead atoms. The maximum Gasteiger partial charge on any atom is 0.254 e. The summed E-state index contributed by atoms with van der Waals surface area (Å²) in [4.78, 5) is 45.1. The van der Waals surface area contributed by atoms with Gasteiger partial charge in [-0.2, -0.15) is 0 Å². The van der Waals surface area contributed by atoms with E-state index in [2.05, 4.69) is 4.98 Å². The molecule has 2 amide bonds. The molecule has 1 aliphatic heterocycles. The third-order valence-corrected chi connectivity index (χ3v) is 7.18. The largest absolute Gasteiger partial charge is 0.494 e. The van der Waals surface area contributed by atoms with Gasteiger partial charge in [-0.05, 0) is 48.6 Å². The molecule has 37 heavy (non-hydrogen) atoms. The SMILES string of the molecule is CC(=O)Cc1cncc(CC(=O)N2CCN(C(=O)c3cccc(OCCC4CCCCC4)c3)CC2)c1.Cl. The molecular weight excluding hydrogens is 490 g/mol. The van der Waals surface area contributed by atoms with E-state index in [1.807, 2.05) is 30.3 Å². The smallest absolute Gasteiger partial charge is 0.254 e. The van der Waals surface area contributed by atoms with Gasteiger partial charge >= 0.3 is 0 Å². The molecule has 7 nitrogen and oxygen atoms in total. The number of ether oxygens (including phenoxy) is 1. The molecule has 1 aliphatic carbocycles. The molecule has 2 heterocycles. The molecular formula is C29H38ClN3O4. The molecule has 2 aromatic rings. The number of benzene rings is 1. The first-order valence-electron chi connectivity index (χ1n) is 13.2. The maximum absolute atomic E-state index is 13.1. The normalized spacial score (nSPS) is 16.1. The molecule has 0 N–H and O–H groups in total. The van der Waals surface area contributed by atoms with Gasteiger partial charge in [-0.25, -0.2) is 0 Å². The van der Waals surface area contributed by atoms with Gasteiger partial charge in [-0.3, -0.25) is 19.4 Å². The zero-order valence-corrected chi connectivity index (χ0v) is 22.5. The van der Waals surface area contributed by atoms with Crippen LogP contribution in [0, 0.1) is 5.92 Å². The minimum atomic E-state index is -0.0269. The van der Waals surface area contributed by atoms with Crippen molar-refractivity contribution >= 4 is 30.0 Å². The average Bonchev–Trinajstić information content (AvgIpc) is 2.89. The number of Topliss-reactive ketones (excluding diaryl/α,β-unsaturated/α-hetero) is 1. The molecule has 8 heteroatoms. The second-order valence-corrected chi connectivity index (χ2v) is 10.1. The molecule has 1 saturated carbocycles. The van der Waals surface area contributed by atoms with E-state index >= 15 is 0 Å². The van der Waals surface area contributed by atoms with Crippen LogP contribution in [0.2, 0.25) is 0 Å². The monoisotopic (exact) mass is 527 g/mol. The Hall–Kier alpha value is -2.93. The average molecular weight is 528 g/mol. The molecule has 0 radical (unpaired) electrons. The van der Waals surface area contributed by atoms with Gasteiger partial charge in [0.1, 0.15) is 11.5 Å². The summed E-state index contributed by atoms with van der Waals surface area (Å²) in [5.41, 5.74) is 2.25. The van der Waals surface area contributed by atoms with Gasteiger partial charge in [-0.1, -0.05) is 44.2 Å². The van der Waals surface area contributed by atoms with Gasteiger partial charge in [0.15, 0.2) is 0 Å². The third-order valence-electron chi connectivity index (χ3n) is 7.18.